The van der Waals surface area contributed by atoms with Gasteiger partial charge in [-0.2, -0.15) is 8.42 Å². The third-order valence-electron chi connectivity index (χ3n) is 10.1. The fourth-order valence-corrected chi connectivity index (χ4v) is 7.45. The van der Waals surface area contributed by atoms with Crippen molar-refractivity contribution in [1.82, 2.24) is 24.8 Å². The monoisotopic (exact) mass is 933 g/mol. The van der Waals surface area contributed by atoms with Gasteiger partial charge in [0, 0.05) is 28.9 Å². The van der Waals surface area contributed by atoms with E-state index >= 15 is 8.63 Å². The van der Waals surface area contributed by atoms with Crippen LogP contribution in [-0.4, -0.2) is 92.6 Å². The number of carbonyl (C=O) groups is 2. The quantitative estimate of drug-likeness (QED) is 0.0399. The number of nitrogens with zero attached hydrogens (tertiary/aromatic N) is 6. The van der Waals surface area contributed by atoms with Gasteiger partial charge in [0.05, 0.1) is 24.3 Å². The first kappa shape index (κ1) is 47.5. The minimum atomic E-state index is -4.13. The molecule has 0 unspecified atom stereocenters. The molecule has 346 valence electrons. The van der Waals surface area contributed by atoms with Crippen molar-refractivity contribution in [3.63, 3.8) is 0 Å². The molecule has 16 nitrogen and oxygen atoms in total. The molecule has 0 fully saturated rings. The van der Waals surface area contributed by atoms with Crippen LogP contribution in [0, 0.1) is 0 Å². The van der Waals surface area contributed by atoms with Crippen LogP contribution in [0.4, 0.5) is 19.2 Å². The van der Waals surface area contributed by atoms with Crippen LogP contribution in [-0.2, 0) is 32.8 Å². The zero-order chi connectivity index (χ0) is 47.7. The van der Waals surface area contributed by atoms with Gasteiger partial charge >= 0.3 is 19.5 Å². The van der Waals surface area contributed by atoms with Crippen molar-refractivity contribution in [2.75, 3.05) is 12.4 Å². The molecule has 0 aliphatic carbocycles. The molecule has 4 aromatic carbocycles. The highest BCUT2D eigenvalue weighted by atomic mass is 32.2. The van der Waals surface area contributed by atoms with E-state index in [9.17, 15) is 23.1 Å². The summed E-state index contributed by atoms with van der Waals surface area (Å²) in [5, 5.41) is 20.1. The third-order valence-corrected chi connectivity index (χ3v) is 10.9. The number of alkyl carbamates (subject to hydrolysis) is 1. The van der Waals surface area contributed by atoms with Crippen molar-refractivity contribution in [2.45, 2.75) is 58.4 Å². The lowest BCUT2D eigenvalue weighted by atomic mass is 10.0. The topological polar surface area (TPSA) is 209 Å². The summed E-state index contributed by atoms with van der Waals surface area (Å²) < 4.78 is 81.0. The molecular weight excluding hydrogens is 887 g/mol. The smallest absolute Gasteiger partial charge is 0.494 e. The minimum Gasteiger partial charge on any atom is -0.494 e. The number of carboxylic acid groups (broad SMARTS) is 1. The Kier molecular flexibility index (Phi) is 14.8. The highest BCUT2D eigenvalue weighted by molar-refractivity contribution is 7.85. The molecule has 1 aliphatic heterocycles. The SMILES string of the molecule is CC(C)(C)OC(=O)N[C@@H](CCn1cc(COc2ccc(C3=N/C(=N\c4c(-c5ccccc5)cc(-c5ccc(OCCCS(=O)(=O)O)cc5)n4B(F)F)C(c4ccccc4)=C3)cc2)nn1)C(=O)O. The average Bonchev–Trinajstić information content (AvgIpc) is 4.04. The minimum absolute atomic E-state index is 0.0107. The number of benzene rings is 4. The molecule has 0 spiro atoms. The predicted molar refractivity (Wildman–Crippen MR) is 249 cm³/mol. The summed E-state index contributed by atoms with van der Waals surface area (Å²) in [4.78, 5) is 33.7. The number of ether oxygens (including phenoxy) is 3. The van der Waals surface area contributed by atoms with Crippen molar-refractivity contribution in [1.29, 1.82) is 0 Å². The molecular formula is C47H46BF2N7O9S. The molecule has 2 aromatic heterocycles. The molecule has 0 saturated carbocycles. The number of aryl methyl sites for hydroxylation is 1. The van der Waals surface area contributed by atoms with Crippen molar-refractivity contribution < 1.29 is 50.5 Å². The molecule has 1 aliphatic rings. The normalized spacial score (nSPS) is 13.7. The Morgan fingerprint density at radius 3 is 2.10 bits per heavy atom. The van der Waals surface area contributed by atoms with Gasteiger partial charge in [0.1, 0.15) is 41.3 Å². The number of hydrogen-bond donors (Lipinski definition) is 3. The number of rotatable bonds is 19. The molecule has 0 radical (unpaired) electrons. The Labute approximate surface area is 385 Å². The average molecular weight is 934 g/mol. The largest absolute Gasteiger partial charge is 0.679 e. The van der Waals surface area contributed by atoms with Gasteiger partial charge in [-0.25, -0.2) is 19.6 Å². The van der Waals surface area contributed by atoms with Gasteiger partial charge in [0.25, 0.3) is 10.1 Å². The summed E-state index contributed by atoms with van der Waals surface area (Å²) in [6.07, 6.45) is 2.74. The first-order valence-electron chi connectivity index (χ1n) is 21.1. The number of allylic oxidation sites excluding steroid dienone is 1. The number of aliphatic carboxylic acids is 1. The summed E-state index contributed by atoms with van der Waals surface area (Å²) >= 11 is 0. The predicted octanol–water partition coefficient (Wildman–Crippen LogP) is 8.41. The Bertz CT molecular complexity index is 2900. The van der Waals surface area contributed by atoms with Crippen molar-refractivity contribution in [2.24, 2.45) is 9.98 Å². The van der Waals surface area contributed by atoms with E-state index in [1.165, 1.54) is 4.68 Å². The number of carbonyl (C=O) groups excluding carboxylic acids is 1. The fraction of sp³-hybridized carbons (Fsp3) is 0.234. The van der Waals surface area contributed by atoms with E-state index in [1.807, 2.05) is 78.9 Å². The highest BCUT2D eigenvalue weighted by Crippen LogP contribution is 2.41. The van der Waals surface area contributed by atoms with Gasteiger partial charge in [-0.05, 0) is 111 Å². The fourth-order valence-electron chi connectivity index (χ4n) is 6.97. The van der Waals surface area contributed by atoms with Crippen LogP contribution in [0.5, 0.6) is 11.5 Å². The number of hydrogen-bond acceptors (Lipinski definition) is 10. The summed E-state index contributed by atoms with van der Waals surface area (Å²) in [5.74, 6) is -0.552. The van der Waals surface area contributed by atoms with Gasteiger partial charge in [-0.1, -0.05) is 65.9 Å². The number of amides is 1. The number of aromatic nitrogens is 4. The van der Waals surface area contributed by atoms with Crippen LogP contribution in [0.3, 0.4) is 0 Å². The lowest BCUT2D eigenvalue weighted by molar-refractivity contribution is -0.139. The lowest BCUT2D eigenvalue weighted by Crippen LogP contribution is -2.44. The second kappa shape index (κ2) is 20.8. The second-order valence-electron chi connectivity index (χ2n) is 16.3. The zero-order valence-electron chi connectivity index (χ0n) is 36.6. The Morgan fingerprint density at radius 2 is 1.49 bits per heavy atom. The lowest BCUT2D eigenvalue weighted by Gasteiger charge is -2.21. The Balaban J connectivity index is 1.11. The van der Waals surface area contributed by atoms with E-state index in [0.29, 0.717) is 50.7 Å². The first-order chi connectivity index (χ1) is 32.0. The maximum absolute atomic E-state index is 15.4. The highest BCUT2D eigenvalue weighted by Gasteiger charge is 2.30. The molecule has 1 amide bonds. The summed E-state index contributed by atoms with van der Waals surface area (Å²) in [5.41, 5.74) is 4.09. The van der Waals surface area contributed by atoms with E-state index in [1.54, 1.807) is 69.4 Å². The molecule has 7 rings (SSSR count). The Hall–Kier alpha value is -7.45. The Morgan fingerprint density at radius 1 is 0.866 bits per heavy atom. The van der Waals surface area contributed by atoms with Crippen LogP contribution in [0.2, 0.25) is 0 Å². The number of aliphatic imine (C=N–C) groups is 2. The van der Waals surface area contributed by atoms with E-state index in [4.69, 9.17) is 28.7 Å². The van der Waals surface area contributed by atoms with E-state index in [0.717, 1.165) is 10.0 Å². The van der Waals surface area contributed by atoms with Crippen LogP contribution >= 0.6 is 0 Å². The molecule has 67 heavy (non-hydrogen) atoms. The van der Waals surface area contributed by atoms with Gasteiger partial charge < -0.3 is 29.1 Å². The van der Waals surface area contributed by atoms with Crippen LogP contribution in [0.25, 0.3) is 28.0 Å². The second-order valence-corrected chi connectivity index (χ2v) is 17.8. The van der Waals surface area contributed by atoms with E-state index < -0.39 is 47.0 Å². The number of carboxylic acids is 1. The van der Waals surface area contributed by atoms with Gasteiger partial charge in [-0.15, -0.1) is 5.10 Å². The van der Waals surface area contributed by atoms with E-state index in [2.05, 4.69) is 15.6 Å². The molecule has 0 saturated heterocycles. The number of amidine groups is 1. The van der Waals surface area contributed by atoms with Crippen LogP contribution in [0.1, 0.15) is 50.4 Å². The van der Waals surface area contributed by atoms with Crippen molar-refractivity contribution in [3.8, 4) is 33.9 Å². The number of halogens is 2. The maximum Gasteiger partial charge on any atom is 0.679 e. The molecule has 3 heterocycles. The van der Waals surface area contributed by atoms with Gasteiger partial charge in [0.15, 0.2) is 5.84 Å². The van der Waals surface area contributed by atoms with Crippen molar-refractivity contribution in [3.05, 3.63) is 144 Å². The number of nitrogens with one attached hydrogen (secondary N) is 1. The summed E-state index contributed by atoms with van der Waals surface area (Å²) in [6.45, 7) is 5.27. The van der Waals surface area contributed by atoms with Crippen LogP contribution < -0.4 is 14.8 Å². The molecule has 0 bridgehead atoms. The van der Waals surface area contributed by atoms with E-state index in [-0.39, 0.29) is 49.9 Å². The standard InChI is InChI=1S/C47H46BF2N7O9S/c1-47(2,3)66-46(60)52-40(45(58)59)23-24-56-29-35(54-55-56)30-65-37-19-15-33(16-20-37)41-27-38(31-11-6-4-7-12-31)43(51-41)53-44-39(32-13-8-5-9-14-32)28-42(57(44)48(49)50)34-17-21-36(22-18-34)64-25-10-26-67(61,62)63/h4-9,11-22,27-29,40H,10,23-26,30H2,1-3H3,(H,52,60)(H,58,59)(H,61,62,63)/b53-43-/t40-/m0/s1. The third kappa shape index (κ3) is 12.9. The first-order valence-corrected chi connectivity index (χ1v) is 22.7. The van der Waals surface area contributed by atoms with Gasteiger partial charge in [0.2, 0.25) is 0 Å². The van der Waals surface area contributed by atoms with Crippen LogP contribution in [0.15, 0.2) is 138 Å². The molecule has 6 aromatic rings. The zero-order valence-corrected chi connectivity index (χ0v) is 37.4. The molecule has 3 N–H and O–H groups in total. The van der Waals surface area contributed by atoms with Crippen molar-refractivity contribution >= 4 is 52.5 Å². The maximum atomic E-state index is 15.4. The summed E-state index contributed by atoms with van der Waals surface area (Å²) in [7, 11) is -7.14. The summed E-state index contributed by atoms with van der Waals surface area (Å²) in [6, 6.07) is 32.5. The van der Waals surface area contributed by atoms with Gasteiger partial charge in [-0.3, -0.25) is 17.9 Å². The molecule has 1 atom stereocenters. The molecule has 20 heteroatoms.